The molecule has 1 aliphatic rings. The highest BCUT2D eigenvalue weighted by Gasteiger charge is 2.50. The largest absolute Gasteiger partial charge is 0.531 e. The molecule has 0 aromatic rings. The maximum absolute atomic E-state index is 6.02. The second-order valence-electron chi connectivity index (χ2n) is 4.10. The molecule has 0 saturated carbocycles. The summed E-state index contributed by atoms with van der Waals surface area (Å²) in [5.74, 6) is 0. The minimum Gasteiger partial charge on any atom is -0.376 e. The van der Waals surface area contributed by atoms with E-state index in [4.69, 9.17) is 22.8 Å². The van der Waals surface area contributed by atoms with Crippen molar-refractivity contribution in [1.29, 1.82) is 0 Å². The lowest BCUT2D eigenvalue weighted by molar-refractivity contribution is -0.154. The summed E-state index contributed by atoms with van der Waals surface area (Å²) < 4.78 is 28.7. The van der Waals surface area contributed by atoms with Gasteiger partial charge in [-0.05, 0) is 27.2 Å². The molecule has 108 valence electrons. The Morgan fingerprint density at radius 1 is 1.00 bits per heavy atom. The van der Waals surface area contributed by atoms with Crippen LogP contribution >= 0.6 is 0 Å². The third-order valence-electron chi connectivity index (χ3n) is 2.77. The molecule has 0 aliphatic carbocycles. The average molecular weight is 278 g/mol. The maximum atomic E-state index is 6.02. The third-order valence-corrected chi connectivity index (χ3v) is 6.17. The fourth-order valence-electron chi connectivity index (χ4n) is 1.96. The smallest absolute Gasteiger partial charge is 0.376 e. The highest BCUT2D eigenvalue weighted by Crippen LogP contribution is 2.23. The van der Waals surface area contributed by atoms with Crippen molar-refractivity contribution in [2.45, 2.75) is 45.9 Å². The predicted molar refractivity (Wildman–Crippen MR) is 70.4 cm³/mol. The first-order valence-corrected chi connectivity index (χ1v) is 8.67. The van der Waals surface area contributed by atoms with Gasteiger partial charge in [-0.2, -0.15) is 0 Å². The van der Waals surface area contributed by atoms with Crippen molar-refractivity contribution in [3.63, 3.8) is 0 Å². The Morgan fingerprint density at radius 2 is 1.50 bits per heavy atom. The van der Waals surface area contributed by atoms with E-state index in [0.29, 0.717) is 33.0 Å². The average Bonchev–Trinajstić information content (AvgIpc) is 2.28. The Morgan fingerprint density at radius 3 is 1.78 bits per heavy atom. The maximum Gasteiger partial charge on any atom is 0.531 e. The quantitative estimate of drug-likeness (QED) is 0.570. The van der Waals surface area contributed by atoms with Gasteiger partial charge in [0.25, 0.3) is 0 Å². The van der Waals surface area contributed by atoms with Crippen LogP contribution < -0.4 is 0 Å². The zero-order chi connectivity index (χ0) is 13.4. The molecule has 0 N–H and O–H groups in total. The van der Waals surface area contributed by atoms with Crippen LogP contribution in [0.4, 0.5) is 0 Å². The van der Waals surface area contributed by atoms with E-state index in [-0.39, 0.29) is 11.8 Å². The Bertz CT molecular complexity index is 205. The molecule has 0 amide bonds. The van der Waals surface area contributed by atoms with Crippen LogP contribution in [0, 0.1) is 0 Å². The summed E-state index contributed by atoms with van der Waals surface area (Å²) in [6.07, 6.45) is 0.978. The molecule has 0 bridgehead atoms. The van der Waals surface area contributed by atoms with Crippen molar-refractivity contribution in [2.24, 2.45) is 0 Å². The van der Waals surface area contributed by atoms with E-state index in [1.165, 1.54) is 0 Å². The minimum absolute atomic E-state index is 0.105. The molecule has 5 nitrogen and oxygen atoms in total. The zero-order valence-corrected chi connectivity index (χ0v) is 12.9. The first kappa shape index (κ1) is 16.1. The Hall–Kier alpha value is 0.0169. The Balaban J connectivity index is 2.72. The first-order valence-electron chi connectivity index (χ1n) is 6.87. The molecular weight excluding hydrogens is 252 g/mol. The molecule has 1 unspecified atom stereocenters. The fraction of sp³-hybridized carbons (Fsp3) is 1.00. The van der Waals surface area contributed by atoms with Crippen molar-refractivity contribution in [1.82, 2.24) is 0 Å². The predicted octanol–water partition coefficient (Wildman–Crippen LogP) is 1.77. The van der Waals surface area contributed by atoms with E-state index < -0.39 is 8.80 Å². The molecule has 1 fully saturated rings. The van der Waals surface area contributed by atoms with Crippen LogP contribution in [0.5, 0.6) is 0 Å². The van der Waals surface area contributed by atoms with Crippen LogP contribution in [0.2, 0.25) is 0 Å². The summed E-state index contributed by atoms with van der Waals surface area (Å²) >= 11 is 0. The van der Waals surface area contributed by atoms with E-state index >= 15 is 0 Å². The molecular formula is C12H26O5Si. The van der Waals surface area contributed by atoms with Gasteiger partial charge in [0.15, 0.2) is 0 Å². The van der Waals surface area contributed by atoms with Crippen LogP contribution in [-0.2, 0) is 22.8 Å². The van der Waals surface area contributed by atoms with Gasteiger partial charge in [0.2, 0.25) is 0 Å². The van der Waals surface area contributed by atoms with Crippen molar-refractivity contribution < 1.29 is 22.8 Å². The fourth-order valence-corrected chi connectivity index (χ4v) is 4.84. The molecule has 0 spiro atoms. The number of hydrogen-bond acceptors (Lipinski definition) is 5. The van der Waals surface area contributed by atoms with Crippen LogP contribution in [0.1, 0.15) is 34.1 Å². The summed E-state index contributed by atoms with van der Waals surface area (Å²) in [4.78, 5) is 0. The molecule has 0 radical (unpaired) electrons. The standard InChI is InChI=1S/C12H26O5Si/c1-5-12(17-11-9-13-10-11)18(14-6-2,15-7-3)16-8-4/h11-12H,5-10H2,1-4H3. The first-order chi connectivity index (χ1) is 8.72. The number of rotatable bonds is 10. The van der Waals surface area contributed by atoms with E-state index in [1.54, 1.807) is 0 Å². The summed E-state index contributed by atoms with van der Waals surface area (Å²) in [6, 6.07) is 0. The van der Waals surface area contributed by atoms with Crippen LogP contribution in [-0.4, -0.2) is 53.7 Å². The lowest BCUT2D eigenvalue weighted by atomic mass is 10.3. The third kappa shape index (κ3) is 4.01. The number of hydrogen-bond donors (Lipinski definition) is 0. The summed E-state index contributed by atoms with van der Waals surface area (Å²) in [5.41, 5.74) is -0.105. The van der Waals surface area contributed by atoms with Gasteiger partial charge in [-0.1, -0.05) is 6.92 Å². The van der Waals surface area contributed by atoms with Gasteiger partial charge in [0, 0.05) is 19.8 Å². The van der Waals surface area contributed by atoms with Crippen LogP contribution in [0.3, 0.4) is 0 Å². The highest BCUT2D eigenvalue weighted by molar-refractivity contribution is 6.62. The molecule has 1 rings (SSSR count). The lowest BCUT2D eigenvalue weighted by Crippen LogP contribution is -2.59. The summed E-state index contributed by atoms with van der Waals surface area (Å²) in [7, 11) is -2.75. The Kier molecular flexibility index (Phi) is 7.36. The zero-order valence-electron chi connectivity index (χ0n) is 11.9. The van der Waals surface area contributed by atoms with Gasteiger partial charge in [-0.15, -0.1) is 0 Å². The molecule has 1 saturated heterocycles. The molecule has 0 aromatic carbocycles. The van der Waals surface area contributed by atoms with Gasteiger partial charge in [-0.3, -0.25) is 0 Å². The highest BCUT2D eigenvalue weighted by atomic mass is 28.4. The monoisotopic (exact) mass is 278 g/mol. The Labute approximate surface area is 111 Å². The number of ether oxygens (including phenoxy) is 2. The molecule has 18 heavy (non-hydrogen) atoms. The van der Waals surface area contributed by atoms with Gasteiger partial charge in [0.05, 0.1) is 13.2 Å². The molecule has 6 heteroatoms. The second-order valence-corrected chi connectivity index (χ2v) is 6.81. The molecule has 1 heterocycles. The van der Waals surface area contributed by atoms with Gasteiger partial charge in [0.1, 0.15) is 11.8 Å². The van der Waals surface area contributed by atoms with Gasteiger partial charge in [-0.25, -0.2) is 0 Å². The van der Waals surface area contributed by atoms with Gasteiger partial charge >= 0.3 is 8.80 Å². The topological polar surface area (TPSA) is 46.2 Å². The van der Waals surface area contributed by atoms with E-state index in [0.717, 1.165) is 6.42 Å². The van der Waals surface area contributed by atoms with Crippen LogP contribution in [0.15, 0.2) is 0 Å². The summed E-state index contributed by atoms with van der Waals surface area (Å²) in [5, 5.41) is 0. The van der Waals surface area contributed by atoms with Gasteiger partial charge < -0.3 is 22.8 Å². The molecule has 1 atom stereocenters. The summed E-state index contributed by atoms with van der Waals surface area (Å²) in [6.45, 7) is 11.0. The van der Waals surface area contributed by atoms with Crippen molar-refractivity contribution in [3.05, 3.63) is 0 Å². The van der Waals surface area contributed by atoms with E-state index in [1.807, 2.05) is 20.8 Å². The van der Waals surface area contributed by atoms with E-state index in [9.17, 15) is 0 Å². The van der Waals surface area contributed by atoms with Crippen molar-refractivity contribution >= 4 is 8.80 Å². The van der Waals surface area contributed by atoms with Crippen molar-refractivity contribution in [3.8, 4) is 0 Å². The molecule has 0 aromatic heterocycles. The molecule has 1 aliphatic heterocycles. The van der Waals surface area contributed by atoms with Crippen LogP contribution in [0.25, 0.3) is 0 Å². The van der Waals surface area contributed by atoms with E-state index in [2.05, 4.69) is 6.92 Å². The minimum atomic E-state index is -2.75. The second kappa shape index (κ2) is 8.24. The SMILES string of the molecule is CCO[Si](OCC)(OCC)C(CC)OC1COC1. The normalized spacial score (nSPS) is 18.7. The van der Waals surface area contributed by atoms with Crippen molar-refractivity contribution in [2.75, 3.05) is 33.0 Å². The lowest BCUT2D eigenvalue weighted by Gasteiger charge is -2.38.